The summed E-state index contributed by atoms with van der Waals surface area (Å²) in [5.41, 5.74) is 1.25. The molecule has 1 amide bonds. The zero-order valence-electron chi connectivity index (χ0n) is 19.8. The molecule has 2 aromatic heterocycles. The first-order chi connectivity index (χ1) is 17.8. The molecule has 1 atom stereocenters. The van der Waals surface area contributed by atoms with Gasteiger partial charge < -0.3 is 20.5 Å². The van der Waals surface area contributed by atoms with Gasteiger partial charge in [0.25, 0.3) is 5.91 Å². The van der Waals surface area contributed by atoms with Gasteiger partial charge in [-0.25, -0.2) is 15.0 Å². The predicted octanol–water partition coefficient (Wildman–Crippen LogP) is 3.29. The minimum Gasteiger partial charge on any atom is -0.396 e. The Labute approximate surface area is 216 Å². The number of halogens is 4. The number of amides is 1. The fourth-order valence-electron chi connectivity index (χ4n) is 4.08. The van der Waals surface area contributed by atoms with Gasteiger partial charge in [0.2, 0.25) is 5.82 Å². The van der Waals surface area contributed by atoms with E-state index in [-0.39, 0.29) is 23.7 Å². The number of alkyl halides is 3. The van der Waals surface area contributed by atoms with E-state index in [9.17, 15) is 18.0 Å². The summed E-state index contributed by atoms with van der Waals surface area (Å²) >= 11 is 6.40. The van der Waals surface area contributed by atoms with Crippen molar-refractivity contribution in [1.82, 2.24) is 25.2 Å². The minimum absolute atomic E-state index is 0.0601. The van der Waals surface area contributed by atoms with Gasteiger partial charge in [0.1, 0.15) is 5.82 Å². The molecule has 3 heterocycles. The molecule has 4 rings (SSSR count). The Morgan fingerprint density at radius 1 is 1.16 bits per heavy atom. The predicted molar refractivity (Wildman–Crippen MR) is 131 cm³/mol. The number of hydrogen-bond acceptors (Lipinski definition) is 8. The highest BCUT2D eigenvalue weighted by atomic mass is 35.5. The summed E-state index contributed by atoms with van der Waals surface area (Å²) in [5.74, 6) is -1.06. The zero-order chi connectivity index (χ0) is 26.4. The lowest BCUT2D eigenvalue weighted by Gasteiger charge is -2.34. The van der Waals surface area contributed by atoms with Gasteiger partial charge in [0.15, 0.2) is 0 Å². The average molecular weight is 539 g/mol. The van der Waals surface area contributed by atoms with Crippen LogP contribution in [0.25, 0.3) is 10.9 Å². The molecular weight excluding hydrogens is 513 g/mol. The van der Waals surface area contributed by atoms with Crippen molar-refractivity contribution in [2.75, 3.05) is 51.3 Å². The maximum absolute atomic E-state index is 13.3. The van der Waals surface area contributed by atoms with Gasteiger partial charge in [-0.3, -0.25) is 9.69 Å². The van der Waals surface area contributed by atoms with Crippen LogP contribution in [0, 0.1) is 0 Å². The van der Waals surface area contributed by atoms with Crippen LogP contribution in [0.3, 0.4) is 0 Å². The highest BCUT2D eigenvalue weighted by Crippen LogP contribution is 2.29. The lowest BCUT2D eigenvalue weighted by molar-refractivity contribution is -0.145. The van der Waals surface area contributed by atoms with Crippen molar-refractivity contribution in [2.24, 2.45) is 0 Å². The van der Waals surface area contributed by atoms with E-state index >= 15 is 0 Å². The Kier molecular flexibility index (Phi) is 8.75. The zero-order valence-corrected chi connectivity index (χ0v) is 20.5. The van der Waals surface area contributed by atoms with E-state index in [0.717, 1.165) is 12.4 Å². The van der Waals surface area contributed by atoms with E-state index in [1.807, 2.05) is 4.90 Å². The maximum Gasteiger partial charge on any atom is 0.451 e. The number of nitrogens with zero attached hydrogens (tertiary/aromatic N) is 4. The van der Waals surface area contributed by atoms with Crippen LogP contribution in [0.1, 0.15) is 34.2 Å². The molecule has 198 valence electrons. The number of carbonyl (C=O) groups is 1. The molecule has 1 unspecified atom stereocenters. The van der Waals surface area contributed by atoms with Crippen molar-refractivity contribution in [2.45, 2.75) is 18.6 Å². The van der Waals surface area contributed by atoms with Gasteiger partial charge >= 0.3 is 6.18 Å². The highest BCUT2D eigenvalue weighted by molar-refractivity contribution is 6.35. The lowest BCUT2D eigenvalue weighted by Crippen LogP contribution is -2.44. The summed E-state index contributed by atoms with van der Waals surface area (Å²) < 4.78 is 44.2. The molecule has 1 fully saturated rings. The number of nitrogens with one attached hydrogen (secondary N) is 2. The van der Waals surface area contributed by atoms with Crippen molar-refractivity contribution < 1.29 is 27.8 Å². The summed E-state index contributed by atoms with van der Waals surface area (Å²) in [7, 11) is 0. The Morgan fingerprint density at radius 3 is 2.57 bits per heavy atom. The Balaban J connectivity index is 1.55. The molecule has 1 saturated heterocycles. The van der Waals surface area contributed by atoms with E-state index < -0.39 is 23.9 Å². The molecule has 0 saturated carbocycles. The van der Waals surface area contributed by atoms with Crippen LogP contribution < -0.4 is 10.6 Å². The van der Waals surface area contributed by atoms with Crippen molar-refractivity contribution in [1.29, 1.82) is 0 Å². The van der Waals surface area contributed by atoms with Gasteiger partial charge in [-0.1, -0.05) is 11.6 Å². The van der Waals surface area contributed by atoms with E-state index in [4.69, 9.17) is 21.4 Å². The third kappa shape index (κ3) is 6.63. The van der Waals surface area contributed by atoms with E-state index in [1.165, 1.54) is 0 Å². The second-order valence-corrected chi connectivity index (χ2v) is 8.81. The number of fused-ring (bicyclic) bond motifs is 1. The SMILES string of the molecule is O=C(NCC(c1cnc(C(F)(F)F)nc1)N1CCOCC1)c1c(Cl)ccc2nc(NCCCO)ccc12. The maximum atomic E-state index is 13.3. The molecule has 13 heteroatoms. The number of aliphatic hydroxyl groups excluding tert-OH is 1. The molecule has 0 bridgehead atoms. The number of anilines is 1. The van der Waals surface area contributed by atoms with Crippen LogP contribution in [0.15, 0.2) is 36.7 Å². The summed E-state index contributed by atoms with van der Waals surface area (Å²) in [6.45, 7) is 2.69. The number of aromatic nitrogens is 3. The molecule has 0 aliphatic carbocycles. The third-order valence-electron chi connectivity index (χ3n) is 5.94. The Morgan fingerprint density at radius 2 is 1.89 bits per heavy atom. The number of pyridine rings is 1. The number of ether oxygens (including phenoxy) is 1. The van der Waals surface area contributed by atoms with Crippen LogP contribution in [0.5, 0.6) is 0 Å². The number of benzene rings is 1. The molecule has 1 aliphatic rings. The van der Waals surface area contributed by atoms with Gasteiger partial charge in [-0.05, 0) is 30.7 Å². The van der Waals surface area contributed by atoms with Gasteiger partial charge in [0, 0.05) is 56.1 Å². The molecular formula is C24H26ClF3N6O3. The standard InChI is InChI=1S/C24H26ClF3N6O3/c25-17-3-4-18-16(2-5-20(33-18)29-6-1-9-35)21(17)22(36)30-14-19(34-7-10-37-11-8-34)15-12-31-23(32-13-15)24(26,27)28/h2-5,12-13,19,35H,1,6-11,14H2,(H,29,33)(H,30,36). The molecule has 1 aliphatic heterocycles. The number of hydrogen-bond donors (Lipinski definition) is 3. The van der Waals surface area contributed by atoms with Gasteiger partial charge in [0.05, 0.1) is 35.4 Å². The van der Waals surface area contributed by atoms with Gasteiger partial charge in [-0.2, -0.15) is 13.2 Å². The summed E-state index contributed by atoms with van der Waals surface area (Å²) in [6.07, 6.45) is -1.79. The van der Waals surface area contributed by atoms with Crippen molar-refractivity contribution >= 4 is 34.2 Å². The first kappa shape index (κ1) is 27.0. The smallest absolute Gasteiger partial charge is 0.396 e. The van der Waals surface area contributed by atoms with Crippen molar-refractivity contribution in [3.63, 3.8) is 0 Å². The molecule has 1 aromatic carbocycles. The van der Waals surface area contributed by atoms with E-state index in [2.05, 4.69) is 25.6 Å². The summed E-state index contributed by atoms with van der Waals surface area (Å²) in [5, 5.41) is 15.7. The second kappa shape index (κ2) is 12.0. The summed E-state index contributed by atoms with van der Waals surface area (Å²) in [6, 6.07) is 6.30. The van der Waals surface area contributed by atoms with Crippen LogP contribution in [-0.4, -0.2) is 76.9 Å². The second-order valence-electron chi connectivity index (χ2n) is 8.40. The normalized spacial score (nSPS) is 15.5. The Hall–Kier alpha value is -3.06. The third-order valence-corrected chi connectivity index (χ3v) is 6.26. The van der Waals surface area contributed by atoms with E-state index in [1.54, 1.807) is 24.3 Å². The lowest BCUT2D eigenvalue weighted by atomic mass is 10.1. The number of rotatable bonds is 9. The summed E-state index contributed by atoms with van der Waals surface area (Å²) in [4.78, 5) is 26.8. The van der Waals surface area contributed by atoms with Crippen molar-refractivity contribution in [3.8, 4) is 0 Å². The minimum atomic E-state index is -4.64. The monoisotopic (exact) mass is 538 g/mol. The fourth-order valence-corrected chi connectivity index (χ4v) is 4.33. The van der Waals surface area contributed by atoms with Crippen LogP contribution in [0.2, 0.25) is 5.02 Å². The average Bonchev–Trinajstić information content (AvgIpc) is 2.89. The number of carbonyl (C=O) groups excluding carboxylic acids is 1. The molecule has 3 N–H and O–H groups in total. The molecule has 0 radical (unpaired) electrons. The molecule has 0 spiro atoms. The number of morpholine rings is 1. The van der Waals surface area contributed by atoms with Gasteiger partial charge in [-0.15, -0.1) is 0 Å². The molecule has 3 aromatic rings. The van der Waals surface area contributed by atoms with Crippen LogP contribution >= 0.6 is 11.6 Å². The topological polar surface area (TPSA) is 113 Å². The van der Waals surface area contributed by atoms with Crippen LogP contribution in [-0.2, 0) is 10.9 Å². The van der Waals surface area contributed by atoms with Crippen LogP contribution in [0.4, 0.5) is 19.0 Å². The van der Waals surface area contributed by atoms with Crippen molar-refractivity contribution in [3.05, 3.63) is 58.6 Å². The first-order valence-corrected chi connectivity index (χ1v) is 12.1. The molecule has 9 nitrogen and oxygen atoms in total. The quantitative estimate of drug-likeness (QED) is 0.356. The number of aliphatic hydroxyl groups is 1. The largest absolute Gasteiger partial charge is 0.451 e. The highest BCUT2D eigenvalue weighted by Gasteiger charge is 2.35. The Bertz CT molecular complexity index is 1220. The molecule has 37 heavy (non-hydrogen) atoms. The first-order valence-electron chi connectivity index (χ1n) is 11.7. The fraction of sp³-hybridized carbons (Fsp3) is 0.417. The van der Waals surface area contributed by atoms with E-state index in [0.29, 0.717) is 61.6 Å².